The molecule has 31 heavy (non-hydrogen) atoms. The van der Waals surface area contributed by atoms with Crippen molar-refractivity contribution in [2.75, 3.05) is 38.2 Å². The average molecular weight is 487 g/mol. The topological polar surface area (TPSA) is 102 Å². The lowest BCUT2D eigenvalue weighted by Gasteiger charge is -2.26. The van der Waals surface area contributed by atoms with E-state index in [9.17, 15) is 18.0 Å². The van der Waals surface area contributed by atoms with Crippen molar-refractivity contribution in [1.82, 2.24) is 4.31 Å². The van der Waals surface area contributed by atoms with Gasteiger partial charge in [0.25, 0.3) is 5.91 Å². The number of carbonyl (C=O) groups excluding carboxylic acids is 2. The smallest absolute Gasteiger partial charge is 0.338 e. The third-order valence-electron chi connectivity index (χ3n) is 4.57. The number of ether oxygens (including phenoxy) is 2. The SMILES string of the molecule is Cc1ccc(S(=O)(=O)N2CCOCC2)cc1C(=O)OCC(=O)Nc1cc(Cl)ccc1Cl. The van der Waals surface area contributed by atoms with Gasteiger partial charge < -0.3 is 14.8 Å². The van der Waals surface area contributed by atoms with Crippen LogP contribution in [0.15, 0.2) is 41.3 Å². The Balaban J connectivity index is 1.69. The van der Waals surface area contributed by atoms with Crippen molar-refractivity contribution in [3.8, 4) is 0 Å². The zero-order chi connectivity index (χ0) is 22.6. The number of hydrogen-bond acceptors (Lipinski definition) is 6. The van der Waals surface area contributed by atoms with Gasteiger partial charge in [0.05, 0.1) is 34.4 Å². The van der Waals surface area contributed by atoms with Gasteiger partial charge in [-0.2, -0.15) is 4.31 Å². The van der Waals surface area contributed by atoms with Crippen molar-refractivity contribution in [3.05, 3.63) is 57.6 Å². The summed E-state index contributed by atoms with van der Waals surface area (Å²) in [7, 11) is -3.78. The molecular formula is C20H20Cl2N2O6S. The van der Waals surface area contributed by atoms with E-state index in [0.29, 0.717) is 23.8 Å². The van der Waals surface area contributed by atoms with Crippen molar-refractivity contribution in [2.45, 2.75) is 11.8 Å². The standard InChI is InChI=1S/C20H20Cl2N2O6S/c1-13-2-4-15(31(27,28)24-6-8-29-9-7-24)11-16(13)20(26)30-12-19(25)23-18-10-14(21)3-5-17(18)22/h2-5,10-11H,6-9,12H2,1H3,(H,23,25). The van der Waals surface area contributed by atoms with Gasteiger partial charge in [-0.25, -0.2) is 13.2 Å². The van der Waals surface area contributed by atoms with E-state index >= 15 is 0 Å². The maximum absolute atomic E-state index is 12.8. The fourth-order valence-corrected chi connectivity index (χ4v) is 4.68. The Bertz CT molecular complexity index is 1100. The quantitative estimate of drug-likeness (QED) is 0.629. The van der Waals surface area contributed by atoms with Gasteiger partial charge in [0.2, 0.25) is 10.0 Å². The lowest BCUT2D eigenvalue weighted by atomic mass is 10.1. The second-order valence-corrected chi connectivity index (χ2v) is 9.52. The molecule has 1 fully saturated rings. The summed E-state index contributed by atoms with van der Waals surface area (Å²) >= 11 is 11.9. The fourth-order valence-electron chi connectivity index (χ4n) is 2.91. The highest BCUT2D eigenvalue weighted by Crippen LogP contribution is 2.25. The number of hydrogen-bond donors (Lipinski definition) is 1. The van der Waals surface area contributed by atoms with E-state index in [4.69, 9.17) is 32.7 Å². The van der Waals surface area contributed by atoms with E-state index in [-0.39, 0.29) is 34.3 Å². The third kappa shape index (κ3) is 5.75. The van der Waals surface area contributed by atoms with E-state index in [2.05, 4.69) is 5.32 Å². The van der Waals surface area contributed by atoms with Crippen LogP contribution in [0.2, 0.25) is 10.0 Å². The number of amides is 1. The molecule has 1 N–H and O–H groups in total. The molecule has 1 aliphatic rings. The highest BCUT2D eigenvalue weighted by Gasteiger charge is 2.27. The Morgan fingerprint density at radius 2 is 1.84 bits per heavy atom. The number of esters is 1. The van der Waals surface area contributed by atoms with E-state index in [0.717, 1.165) is 0 Å². The van der Waals surface area contributed by atoms with Gasteiger partial charge in [-0.05, 0) is 42.8 Å². The predicted molar refractivity (Wildman–Crippen MR) is 116 cm³/mol. The molecule has 0 aliphatic carbocycles. The second kappa shape index (κ2) is 9.97. The van der Waals surface area contributed by atoms with Crippen molar-refractivity contribution in [1.29, 1.82) is 0 Å². The Kier molecular flexibility index (Phi) is 7.55. The number of aryl methyl sites for hydroxylation is 1. The van der Waals surface area contributed by atoms with Crippen LogP contribution in [0, 0.1) is 6.92 Å². The summed E-state index contributed by atoms with van der Waals surface area (Å²) in [5, 5.41) is 3.16. The van der Waals surface area contributed by atoms with Crippen LogP contribution < -0.4 is 5.32 Å². The number of nitrogens with zero attached hydrogens (tertiary/aromatic N) is 1. The van der Waals surface area contributed by atoms with Crippen molar-refractivity contribution < 1.29 is 27.5 Å². The number of sulfonamides is 1. The van der Waals surface area contributed by atoms with Crippen LogP contribution >= 0.6 is 23.2 Å². The molecule has 2 aromatic carbocycles. The molecule has 11 heteroatoms. The van der Waals surface area contributed by atoms with Gasteiger partial charge in [0.15, 0.2) is 6.61 Å². The van der Waals surface area contributed by atoms with Crippen LogP contribution in [0.4, 0.5) is 5.69 Å². The van der Waals surface area contributed by atoms with E-state index in [1.165, 1.54) is 34.6 Å². The minimum absolute atomic E-state index is 0.0258. The van der Waals surface area contributed by atoms with E-state index in [1.807, 2.05) is 0 Å². The predicted octanol–water partition coefficient (Wildman–Crippen LogP) is 3.12. The summed E-state index contributed by atoms with van der Waals surface area (Å²) in [4.78, 5) is 24.6. The largest absolute Gasteiger partial charge is 0.452 e. The first kappa shape index (κ1) is 23.5. The molecule has 2 aromatic rings. The van der Waals surface area contributed by atoms with Crippen LogP contribution in [0.5, 0.6) is 0 Å². The highest BCUT2D eigenvalue weighted by molar-refractivity contribution is 7.89. The number of rotatable bonds is 6. The monoisotopic (exact) mass is 486 g/mol. The van der Waals surface area contributed by atoms with Crippen LogP contribution in [0.1, 0.15) is 15.9 Å². The molecular weight excluding hydrogens is 467 g/mol. The zero-order valence-electron chi connectivity index (χ0n) is 16.6. The Morgan fingerprint density at radius 3 is 2.55 bits per heavy atom. The molecule has 0 bridgehead atoms. The van der Waals surface area contributed by atoms with Gasteiger partial charge in [-0.1, -0.05) is 29.3 Å². The van der Waals surface area contributed by atoms with Crippen molar-refractivity contribution >= 4 is 50.8 Å². The molecule has 1 aliphatic heterocycles. The first-order chi connectivity index (χ1) is 14.7. The van der Waals surface area contributed by atoms with Crippen molar-refractivity contribution in [2.24, 2.45) is 0 Å². The van der Waals surface area contributed by atoms with Gasteiger partial charge >= 0.3 is 5.97 Å². The highest BCUT2D eigenvalue weighted by atomic mass is 35.5. The summed E-state index contributed by atoms with van der Waals surface area (Å²) in [6, 6.07) is 8.78. The van der Waals surface area contributed by atoms with Gasteiger partial charge in [0.1, 0.15) is 0 Å². The molecule has 8 nitrogen and oxygen atoms in total. The lowest BCUT2D eigenvalue weighted by Crippen LogP contribution is -2.40. The minimum Gasteiger partial charge on any atom is -0.452 e. The van der Waals surface area contributed by atoms with Gasteiger partial charge in [0, 0.05) is 18.1 Å². The van der Waals surface area contributed by atoms with E-state index < -0.39 is 28.5 Å². The molecule has 0 atom stereocenters. The Hall–Kier alpha value is -2.17. The van der Waals surface area contributed by atoms with E-state index in [1.54, 1.807) is 13.0 Å². The summed E-state index contributed by atoms with van der Waals surface area (Å²) < 4.78 is 37.2. The normalized spacial score (nSPS) is 14.8. The second-order valence-electron chi connectivity index (χ2n) is 6.74. The molecule has 0 unspecified atom stereocenters. The molecule has 0 aromatic heterocycles. The van der Waals surface area contributed by atoms with Crippen LogP contribution in [0.25, 0.3) is 0 Å². The van der Waals surface area contributed by atoms with Crippen molar-refractivity contribution in [3.63, 3.8) is 0 Å². The summed E-state index contributed by atoms with van der Waals surface area (Å²) in [6.07, 6.45) is 0. The lowest BCUT2D eigenvalue weighted by molar-refractivity contribution is -0.119. The molecule has 0 spiro atoms. The Labute approximate surface area is 190 Å². The summed E-state index contributed by atoms with van der Waals surface area (Å²) in [5.41, 5.74) is 0.858. The molecule has 3 rings (SSSR count). The number of anilines is 1. The first-order valence-electron chi connectivity index (χ1n) is 9.29. The number of morpholine rings is 1. The van der Waals surface area contributed by atoms with Crippen LogP contribution in [-0.2, 0) is 24.3 Å². The third-order valence-corrected chi connectivity index (χ3v) is 7.03. The molecule has 1 heterocycles. The van der Waals surface area contributed by atoms with Crippen LogP contribution in [0.3, 0.4) is 0 Å². The fraction of sp³-hybridized carbons (Fsp3) is 0.300. The zero-order valence-corrected chi connectivity index (χ0v) is 18.9. The summed E-state index contributed by atoms with van der Waals surface area (Å²) in [5.74, 6) is -1.43. The number of nitrogens with one attached hydrogen (secondary N) is 1. The molecule has 0 saturated carbocycles. The maximum atomic E-state index is 12.8. The molecule has 166 valence electrons. The molecule has 1 saturated heterocycles. The minimum atomic E-state index is -3.78. The Morgan fingerprint density at radius 1 is 1.13 bits per heavy atom. The maximum Gasteiger partial charge on any atom is 0.338 e. The molecule has 0 radical (unpaired) electrons. The molecule has 1 amide bonds. The average Bonchev–Trinajstić information content (AvgIpc) is 2.75. The van der Waals surface area contributed by atoms with Gasteiger partial charge in [-0.3, -0.25) is 4.79 Å². The van der Waals surface area contributed by atoms with Crippen LogP contribution in [-0.4, -0.2) is 57.5 Å². The number of benzene rings is 2. The first-order valence-corrected chi connectivity index (χ1v) is 11.5. The number of carbonyl (C=O) groups is 2. The number of halogens is 2. The summed E-state index contributed by atoms with van der Waals surface area (Å²) in [6.45, 7) is 2.16. The van der Waals surface area contributed by atoms with Gasteiger partial charge in [-0.15, -0.1) is 0 Å².